The van der Waals surface area contributed by atoms with Gasteiger partial charge in [0.2, 0.25) is 5.91 Å². The van der Waals surface area contributed by atoms with E-state index in [0.717, 1.165) is 7.11 Å². The number of amides is 1. The first-order valence-corrected chi connectivity index (χ1v) is 7.24. The number of aliphatic hydroxyl groups excluding tert-OH is 2. The minimum atomic E-state index is -1.98. The Morgan fingerprint density at radius 3 is 2.33 bits per heavy atom. The minimum Gasteiger partial charge on any atom is -0.465 e. The zero-order valence-electron chi connectivity index (χ0n) is 14.1. The van der Waals surface area contributed by atoms with Crippen molar-refractivity contribution < 1.29 is 38.8 Å². The number of nitrogens with one attached hydrogen (secondary N) is 1. The maximum absolute atomic E-state index is 12.0. The second-order valence-electron chi connectivity index (χ2n) is 5.56. The molecule has 0 unspecified atom stereocenters. The highest BCUT2D eigenvalue weighted by Gasteiger charge is 2.55. The fraction of sp³-hybridized carbons (Fsp3) is 0.667. The van der Waals surface area contributed by atoms with Gasteiger partial charge in [-0.2, -0.15) is 0 Å². The summed E-state index contributed by atoms with van der Waals surface area (Å²) in [5.41, 5.74) is -0.195. The van der Waals surface area contributed by atoms with Crippen molar-refractivity contribution in [1.29, 1.82) is 0 Å². The molecule has 1 heterocycles. The molecule has 0 spiro atoms. The van der Waals surface area contributed by atoms with Crippen molar-refractivity contribution in [3.8, 4) is 0 Å². The standard InChI is InChI=1S/C15H23NO8/c1-7(8(2)17)12(20)13-11(16-9(3)18)10(19)6-15(23-5,24-13)14(21)22-4/h10-13,19-20H,1,6H2,2-5H3,(H,16,18)/t10-,11+,12+,13+,15-/m0/s1. The third-order valence-electron chi connectivity index (χ3n) is 3.89. The van der Waals surface area contributed by atoms with Crippen LogP contribution < -0.4 is 5.32 Å². The smallest absolute Gasteiger partial charge is 0.366 e. The largest absolute Gasteiger partial charge is 0.465 e. The molecular formula is C15H23NO8. The molecule has 0 aromatic rings. The Kier molecular flexibility index (Phi) is 6.61. The number of carbonyl (C=O) groups excluding carboxylic acids is 3. The average Bonchev–Trinajstić information content (AvgIpc) is 2.53. The van der Waals surface area contributed by atoms with E-state index in [0.29, 0.717) is 0 Å². The van der Waals surface area contributed by atoms with Crippen LogP contribution in [0.2, 0.25) is 0 Å². The lowest BCUT2D eigenvalue weighted by atomic mass is 9.87. The summed E-state index contributed by atoms with van der Waals surface area (Å²) >= 11 is 0. The normalized spacial score (nSPS) is 31.0. The predicted octanol–water partition coefficient (Wildman–Crippen LogP) is -1.34. The molecule has 3 N–H and O–H groups in total. The second-order valence-corrected chi connectivity index (χ2v) is 5.56. The summed E-state index contributed by atoms with van der Waals surface area (Å²) in [5.74, 6) is -3.90. The van der Waals surface area contributed by atoms with Crippen LogP contribution >= 0.6 is 0 Å². The molecule has 1 amide bonds. The molecule has 9 nitrogen and oxygen atoms in total. The zero-order valence-corrected chi connectivity index (χ0v) is 14.1. The maximum Gasteiger partial charge on any atom is 0.366 e. The number of rotatable bonds is 6. The monoisotopic (exact) mass is 345 g/mol. The van der Waals surface area contributed by atoms with Crippen molar-refractivity contribution in [1.82, 2.24) is 5.32 Å². The lowest BCUT2D eigenvalue weighted by molar-refractivity contribution is -0.297. The van der Waals surface area contributed by atoms with Gasteiger partial charge in [0.05, 0.1) is 19.3 Å². The van der Waals surface area contributed by atoms with Crippen molar-refractivity contribution in [3.63, 3.8) is 0 Å². The van der Waals surface area contributed by atoms with Gasteiger partial charge >= 0.3 is 5.97 Å². The maximum atomic E-state index is 12.0. The van der Waals surface area contributed by atoms with E-state index < -0.39 is 47.8 Å². The number of Topliss-reactive ketones (excluding diaryl/α,β-unsaturated/α-hetero) is 1. The van der Waals surface area contributed by atoms with Crippen molar-refractivity contribution in [2.75, 3.05) is 14.2 Å². The van der Waals surface area contributed by atoms with E-state index in [9.17, 15) is 24.6 Å². The molecule has 1 aliphatic heterocycles. The quantitative estimate of drug-likeness (QED) is 0.398. The van der Waals surface area contributed by atoms with Crippen LogP contribution in [0.5, 0.6) is 0 Å². The highest BCUT2D eigenvalue weighted by molar-refractivity contribution is 5.93. The highest BCUT2D eigenvalue weighted by atomic mass is 16.7. The van der Waals surface area contributed by atoms with Gasteiger partial charge in [-0.05, 0) is 6.92 Å². The summed E-state index contributed by atoms with van der Waals surface area (Å²) in [6.07, 6.45) is -4.57. The number of methoxy groups -OCH3 is 2. The summed E-state index contributed by atoms with van der Waals surface area (Å²) < 4.78 is 15.3. The van der Waals surface area contributed by atoms with Crippen molar-refractivity contribution >= 4 is 17.7 Å². The Morgan fingerprint density at radius 1 is 1.33 bits per heavy atom. The van der Waals surface area contributed by atoms with Crippen LogP contribution in [0.15, 0.2) is 12.2 Å². The first kappa shape index (κ1) is 20.2. The molecule has 1 aliphatic rings. The molecular weight excluding hydrogens is 322 g/mol. The Balaban J connectivity index is 3.26. The van der Waals surface area contributed by atoms with E-state index in [1.807, 2.05) is 0 Å². The number of esters is 1. The average molecular weight is 345 g/mol. The lowest BCUT2D eigenvalue weighted by Gasteiger charge is -2.46. The van der Waals surface area contributed by atoms with Crippen LogP contribution in [0.4, 0.5) is 0 Å². The molecule has 0 aromatic carbocycles. The van der Waals surface area contributed by atoms with Gasteiger partial charge < -0.3 is 29.7 Å². The number of hydrogen-bond donors (Lipinski definition) is 3. The molecule has 1 rings (SSSR count). The molecule has 24 heavy (non-hydrogen) atoms. The lowest BCUT2D eigenvalue weighted by Crippen LogP contribution is -2.66. The Hall–Kier alpha value is -1.81. The molecule has 136 valence electrons. The number of hydrogen-bond acceptors (Lipinski definition) is 8. The van der Waals surface area contributed by atoms with Crippen LogP contribution in [-0.4, -0.2) is 72.2 Å². The third-order valence-corrected chi connectivity index (χ3v) is 3.89. The zero-order chi connectivity index (χ0) is 18.7. The molecule has 1 saturated heterocycles. The van der Waals surface area contributed by atoms with E-state index >= 15 is 0 Å². The van der Waals surface area contributed by atoms with Gasteiger partial charge in [-0.3, -0.25) is 9.59 Å². The van der Waals surface area contributed by atoms with Crippen LogP contribution in [0.1, 0.15) is 20.3 Å². The minimum absolute atomic E-state index is 0.195. The molecule has 0 bridgehead atoms. The summed E-state index contributed by atoms with van der Waals surface area (Å²) in [7, 11) is 2.28. The fourth-order valence-electron chi connectivity index (χ4n) is 2.54. The van der Waals surface area contributed by atoms with Crippen LogP contribution in [0, 0.1) is 0 Å². The van der Waals surface area contributed by atoms with Crippen molar-refractivity contribution in [2.24, 2.45) is 0 Å². The number of aliphatic hydroxyl groups is 2. The van der Waals surface area contributed by atoms with Gasteiger partial charge in [0.15, 0.2) is 5.78 Å². The molecule has 5 atom stereocenters. The van der Waals surface area contributed by atoms with Crippen LogP contribution in [-0.2, 0) is 28.6 Å². The van der Waals surface area contributed by atoms with E-state index in [2.05, 4.69) is 16.6 Å². The summed E-state index contributed by atoms with van der Waals surface area (Å²) in [4.78, 5) is 34.9. The van der Waals surface area contributed by atoms with E-state index in [4.69, 9.17) is 9.47 Å². The van der Waals surface area contributed by atoms with Gasteiger partial charge in [-0.25, -0.2) is 4.79 Å². The van der Waals surface area contributed by atoms with Crippen molar-refractivity contribution in [2.45, 2.75) is 50.4 Å². The molecule has 0 aromatic heterocycles. The Bertz CT molecular complexity index is 534. The Labute approximate surface area is 139 Å². The predicted molar refractivity (Wildman–Crippen MR) is 80.7 cm³/mol. The summed E-state index contributed by atoms with van der Waals surface area (Å²) in [5, 5.41) is 23.2. The van der Waals surface area contributed by atoms with Gasteiger partial charge in [0.1, 0.15) is 12.2 Å². The van der Waals surface area contributed by atoms with Gasteiger partial charge in [0, 0.05) is 26.0 Å². The number of ketones is 1. The first-order chi connectivity index (χ1) is 11.1. The van der Waals surface area contributed by atoms with E-state index in [1.165, 1.54) is 21.0 Å². The third kappa shape index (κ3) is 3.99. The summed E-state index contributed by atoms with van der Waals surface area (Å²) in [6.45, 7) is 5.89. The molecule has 9 heteroatoms. The van der Waals surface area contributed by atoms with E-state index in [-0.39, 0.29) is 12.0 Å². The summed E-state index contributed by atoms with van der Waals surface area (Å²) in [6, 6.07) is -1.08. The number of carbonyl (C=O) groups is 3. The number of ether oxygens (including phenoxy) is 3. The molecule has 0 radical (unpaired) electrons. The molecule has 1 fully saturated rings. The fourth-order valence-corrected chi connectivity index (χ4v) is 2.54. The van der Waals surface area contributed by atoms with Gasteiger partial charge in [0.25, 0.3) is 5.79 Å². The Morgan fingerprint density at radius 2 is 1.92 bits per heavy atom. The van der Waals surface area contributed by atoms with Gasteiger partial charge in [-0.15, -0.1) is 0 Å². The topological polar surface area (TPSA) is 131 Å². The highest BCUT2D eigenvalue weighted by Crippen LogP contribution is 2.34. The molecule has 0 aliphatic carbocycles. The van der Waals surface area contributed by atoms with E-state index in [1.54, 1.807) is 0 Å². The van der Waals surface area contributed by atoms with Crippen LogP contribution in [0.25, 0.3) is 0 Å². The SMILES string of the molecule is C=C(C(C)=O)[C@@H](O)[C@@H]1O[C@](OC)(C(=O)OC)C[C@H](O)[C@H]1NC(C)=O. The van der Waals surface area contributed by atoms with Crippen molar-refractivity contribution in [3.05, 3.63) is 12.2 Å². The second kappa shape index (κ2) is 7.84. The first-order valence-electron chi connectivity index (χ1n) is 7.24. The van der Waals surface area contributed by atoms with Gasteiger partial charge in [-0.1, -0.05) is 6.58 Å². The van der Waals surface area contributed by atoms with Crippen LogP contribution in [0.3, 0.4) is 0 Å². The molecule has 0 saturated carbocycles.